The lowest BCUT2D eigenvalue weighted by molar-refractivity contribution is 0.0697. The van der Waals surface area contributed by atoms with E-state index in [0.29, 0.717) is 23.4 Å². The summed E-state index contributed by atoms with van der Waals surface area (Å²) in [5.41, 5.74) is 5.17. The highest BCUT2D eigenvalue weighted by Gasteiger charge is 2.44. The summed E-state index contributed by atoms with van der Waals surface area (Å²) in [6.45, 7) is 4.02. The van der Waals surface area contributed by atoms with Crippen LogP contribution in [0.15, 0.2) is 42.6 Å². The Labute approximate surface area is 176 Å². The highest BCUT2D eigenvalue weighted by molar-refractivity contribution is 5.88. The lowest BCUT2D eigenvalue weighted by Gasteiger charge is -2.29. The molecule has 1 aromatic heterocycles. The fourth-order valence-corrected chi connectivity index (χ4v) is 5.82. The Balaban J connectivity index is 1.53. The zero-order valence-electron chi connectivity index (χ0n) is 17.5. The third-order valence-electron chi connectivity index (χ3n) is 7.18. The van der Waals surface area contributed by atoms with E-state index in [1.165, 1.54) is 46.9 Å². The quantitative estimate of drug-likeness (QED) is 0.617. The van der Waals surface area contributed by atoms with Crippen molar-refractivity contribution in [2.45, 2.75) is 38.8 Å². The van der Waals surface area contributed by atoms with E-state index in [1.54, 1.807) is 19.2 Å². The topological polar surface area (TPSA) is 65.6 Å². The number of carbonyl (C=O) groups is 1. The molecule has 5 rings (SSSR count). The fourth-order valence-electron chi connectivity index (χ4n) is 5.82. The van der Waals surface area contributed by atoms with Crippen LogP contribution in [0.4, 0.5) is 0 Å². The summed E-state index contributed by atoms with van der Waals surface area (Å²) in [6.07, 6.45) is 5.83. The standard InChI is InChI=1S/C25H28N2O3/c1-15-12-22(30-2)21(20-10-11-26-23(15)20)14-27-13-18-4-3-5-19(18)24(27)16-6-8-17(9-7-16)25(28)29/h6-12,18-19,24,26H,3-5,13-14H2,1-2H3,(H,28,29)/t18-,19-,24-/m0/s1. The number of hydrogen-bond donors (Lipinski definition) is 2. The highest BCUT2D eigenvalue weighted by atomic mass is 16.5. The second-order valence-corrected chi connectivity index (χ2v) is 8.80. The van der Waals surface area contributed by atoms with Gasteiger partial charge >= 0.3 is 5.97 Å². The summed E-state index contributed by atoms with van der Waals surface area (Å²) in [5, 5.41) is 10.5. The Kier molecular flexibility index (Phi) is 4.78. The number of aromatic nitrogens is 1. The number of carboxylic acids is 1. The number of nitrogens with one attached hydrogen (secondary N) is 1. The van der Waals surface area contributed by atoms with E-state index in [2.05, 4.69) is 28.9 Å². The molecule has 5 heteroatoms. The number of carboxylic acid groups (broad SMARTS) is 1. The molecule has 2 aliphatic rings. The van der Waals surface area contributed by atoms with Gasteiger partial charge in [-0.2, -0.15) is 0 Å². The molecule has 0 bridgehead atoms. The molecule has 1 aliphatic heterocycles. The number of H-pyrrole nitrogens is 1. The maximum atomic E-state index is 11.3. The summed E-state index contributed by atoms with van der Waals surface area (Å²) in [4.78, 5) is 17.3. The van der Waals surface area contributed by atoms with Crippen LogP contribution < -0.4 is 4.74 Å². The lowest BCUT2D eigenvalue weighted by atomic mass is 9.89. The average molecular weight is 405 g/mol. The number of nitrogens with zero attached hydrogens (tertiary/aromatic N) is 1. The molecule has 3 atom stereocenters. The van der Waals surface area contributed by atoms with Gasteiger partial charge in [-0.1, -0.05) is 18.6 Å². The van der Waals surface area contributed by atoms with Gasteiger partial charge in [0.15, 0.2) is 0 Å². The average Bonchev–Trinajstić information content (AvgIpc) is 3.46. The first kappa shape index (κ1) is 19.2. The summed E-state index contributed by atoms with van der Waals surface area (Å²) in [5.74, 6) is 1.42. The van der Waals surface area contributed by atoms with Gasteiger partial charge in [0.25, 0.3) is 0 Å². The SMILES string of the molecule is COc1cc(C)c2[nH]ccc2c1CN1C[C@@H]2CCC[C@@H]2[C@@H]1c1ccc(C(=O)O)cc1. The Hall–Kier alpha value is -2.79. The van der Waals surface area contributed by atoms with Crippen LogP contribution >= 0.6 is 0 Å². The van der Waals surface area contributed by atoms with Crippen molar-refractivity contribution in [1.29, 1.82) is 0 Å². The lowest BCUT2D eigenvalue weighted by Crippen LogP contribution is -2.26. The van der Waals surface area contributed by atoms with Gasteiger partial charge in [-0.25, -0.2) is 4.79 Å². The number of aryl methyl sites for hydroxylation is 1. The van der Waals surface area contributed by atoms with Crippen LogP contribution in [0.1, 0.15) is 52.4 Å². The van der Waals surface area contributed by atoms with E-state index < -0.39 is 5.97 Å². The molecule has 5 nitrogen and oxygen atoms in total. The predicted molar refractivity (Wildman–Crippen MR) is 117 cm³/mol. The molecule has 0 amide bonds. The van der Waals surface area contributed by atoms with Crippen molar-refractivity contribution in [3.63, 3.8) is 0 Å². The molecule has 1 aliphatic carbocycles. The van der Waals surface area contributed by atoms with E-state index in [-0.39, 0.29) is 0 Å². The molecule has 1 saturated heterocycles. The molecule has 2 aromatic carbocycles. The Bertz CT molecular complexity index is 1090. The van der Waals surface area contributed by atoms with Crippen molar-refractivity contribution in [2.24, 2.45) is 11.8 Å². The van der Waals surface area contributed by atoms with Gasteiger partial charge in [-0.3, -0.25) is 4.90 Å². The summed E-state index contributed by atoms with van der Waals surface area (Å²) < 4.78 is 5.79. The van der Waals surface area contributed by atoms with Gasteiger partial charge in [0, 0.05) is 41.8 Å². The van der Waals surface area contributed by atoms with E-state index in [9.17, 15) is 9.90 Å². The van der Waals surface area contributed by atoms with Crippen molar-refractivity contribution in [2.75, 3.05) is 13.7 Å². The molecule has 0 radical (unpaired) electrons. The fraction of sp³-hybridized carbons (Fsp3) is 0.400. The van der Waals surface area contributed by atoms with Gasteiger partial charge in [0.2, 0.25) is 0 Å². The molecule has 0 unspecified atom stereocenters. The number of methoxy groups -OCH3 is 1. The summed E-state index contributed by atoms with van der Waals surface area (Å²) in [6, 6.07) is 12.1. The predicted octanol–water partition coefficient (Wildman–Crippen LogP) is 5.16. The first-order valence-electron chi connectivity index (χ1n) is 10.8. The molecule has 30 heavy (non-hydrogen) atoms. The van der Waals surface area contributed by atoms with Crippen LogP contribution in [-0.2, 0) is 6.54 Å². The minimum Gasteiger partial charge on any atom is -0.496 e. The van der Waals surface area contributed by atoms with E-state index in [4.69, 9.17) is 4.74 Å². The van der Waals surface area contributed by atoms with Crippen LogP contribution in [0.3, 0.4) is 0 Å². The van der Waals surface area contributed by atoms with Crippen molar-refractivity contribution in [3.8, 4) is 5.75 Å². The highest BCUT2D eigenvalue weighted by Crippen LogP contribution is 2.50. The molecule has 2 heterocycles. The molecule has 3 aromatic rings. The van der Waals surface area contributed by atoms with Crippen LogP contribution in [0.25, 0.3) is 10.9 Å². The molecule has 1 saturated carbocycles. The van der Waals surface area contributed by atoms with Crippen molar-refractivity contribution in [1.82, 2.24) is 9.88 Å². The maximum absolute atomic E-state index is 11.3. The van der Waals surface area contributed by atoms with E-state index >= 15 is 0 Å². The van der Waals surface area contributed by atoms with Crippen molar-refractivity contribution >= 4 is 16.9 Å². The summed E-state index contributed by atoms with van der Waals surface area (Å²) >= 11 is 0. The van der Waals surface area contributed by atoms with Gasteiger partial charge < -0.3 is 14.8 Å². The monoisotopic (exact) mass is 404 g/mol. The second kappa shape index (κ2) is 7.47. The zero-order chi connectivity index (χ0) is 20.8. The molecule has 156 valence electrons. The Morgan fingerprint density at radius 3 is 2.77 bits per heavy atom. The van der Waals surface area contributed by atoms with Gasteiger partial charge in [0.1, 0.15) is 5.75 Å². The number of likely N-dealkylation sites (tertiary alicyclic amines) is 1. The van der Waals surface area contributed by atoms with Gasteiger partial charge in [0.05, 0.1) is 12.7 Å². The Morgan fingerprint density at radius 1 is 1.23 bits per heavy atom. The van der Waals surface area contributed by atoms with Crippen LogP contribution in [0, 0.1) is 18.8 Å². The van der Waals surface area contributed by atoms with Gasteiger partial charge in [-0.15, -0.1) is 0 Å². The maximum Gasteiger partial charge on any atom is 0.335 e. The number of rotatable bonds is 5. The second-order valence-electron chi connectivity index (χ2n) is 8.80. The van der Waals surface area contributed by atoms with Crippen LogP contribution in [-0.4, -0.2) is 34.6 Å². The minimum absolute atomic E-state index is 0.320. The smallest absolute Gasteiger partial charge is 0.335 e. The van der Waals surface area contributed by atoms with E-state index in [0.717, 1.165) is 18.8 Å². The molecule has 0 spiro atoms. The number of aromatic amines is 1. The minimum atomic E-state index is -0.872. The van der Waals surface area contributed by atoms with Crippen molar-refractivity contribution < 1.29 is 14.6 Å². The number of aromatic carboxylic acids is 1. The number of ether oxygens (including phenoxy) is 1. The summed E-state index contributed by atoms with van der Waals surface area (Å²) in [7, 11) is 1.75. The molecular formula is C25H28N2O3. The molecular weight excluding hydrogens is 376 g/mol. The van der Waals surface area contributed by atoms with Crippen molar-refractivity contribution in [3.05, 3.63) is 64.8 Å². The van der Waals surface area contributed by atoms with Gasteiger partial charge in [-0.05, 0) is 67.0 Å². The molecule has 2 fully saturated rings. The first-order valence-corrected chi connectivity index (χ1v) is 10.8. The number of fused-ring (bicyclic) bond motifs is 2. The van der Waals surface area contributed by atoms with E-state index in [1.807, 2.05) is 18.3 Å². The number of benzene rings is 2. The number of hydrogen-bond acceptors (Lipinski definition) is 3. The molecule has 2 N–H and O–H groups in total. The normalized spacial score (nSPS) is 23.7. The van der Waals surface area contributed by atoms with Crippen LogP contribution in [0.2, 0.25) is 0 Å². The first-order chi connectivity index (χ1) is 14.6. The third kappa shape index (κ3) is 3.08. The third-order valence-corrected chi connectivity index (χ3v) is 7.18. The van der Waals surface area contributed by atoms with Crippen LogP contribution in [0.5, 0.6) is 5.75 Å². The largest absolute Gasteiger partial charge is 0.496 e. The zero-order valence-corrected chi connectivity index (χ0v) is 17.5. The Morgan fingerprint density at radius 2 is 2.03 bits per heavy atom.